The van der Waals surface area contributed by atoms with Crippen LogP contribution in [0.2, 0.25) is 0 Å². The molecule has 0 unspecified atom stereocenters. The number of carbonyl (C=O) groups excluding carboxylic acids is 2. The van der Waals surface area contributed by atoms with Gasteiger partial charge in [0.15, 0.2) is 4.96 Å². The lowest BCUT2D eigenvalue weighted by atomic mass is 10.2. The first-order chi connectivity index (χ1) is 12.5. The van der Waals surface area contributed by atoms with Crippen molar-refractivity contribution < 1.29 is 14.3 Å². The summed E-state index contributed by atoms with van der Waals surface area (Å²) in [6, 6.07) is 7.85. The van der Waals surface area contributed by atoms with Gasteiger partial charge in [-0.3, -0.25) is 14.0 Å². The van der Waals surface area contributed by atoms with E-state index in [0.717, 1.165) is 5.69 Å². The van der Waals surface area contributed by atoms with E-state index in [1.54, 1.807) is 31.2 Å². The molecule has 3 rings (SSSR count). The third-order valence-electron chi connectivity index (χ3n) is 3.68. The number of thiazole rings is 1. The Labute approximate surface area is 153 Å². The summed E-state index contributed by atoms with van der Waals surface area (Å²) in [5.74, 6) is -0.693. The van der Waals surface area contributed by atoms with E-state index in [1.807, 2.05) is 12.3 Å². The molecule has 2 aromatic heterocycles. The summed E-state index contributed by atoms with van der Waals surface area (Å²) in [5, 5.41) is 4.53. The summed E-state index contributed by atoms with van der Waals surface area (Å²) in [4.78, 5) is 40.7. The fourth-order valence-electron chi connectivity index (χ4n) is 2.37. The molecule has 134 valence electrons. The number of amides is 1. The van der Waals surface area contributed by atoms with Crippen LogP contribution < -0.4 is 10.9 Å². The number of esters is 1. The van der Waals surface area contributed by atoms with Crippen molar-refractivity contribution in [1.82, 2.24) is 9.38 Å². The van der Waals surface area contributed by atoms with Crippen LogP contribution in [-0.2, 0) is 16.1 Å². The maximum atomic E-state index is 12.2. The topological polar surface area (TPSA) is 89.8 Å². The van der Waals surface area contributed by atoms with Gasteiger partial charge < -0.3 is 10.1 Å². The minimum atomic E-state index is -0.554. The van der Waals surface area contributed by atoms with E-state index >= 15 is 0 Å². The molecule has 2 heterocycles. The van der Waals surface area contributed by atoms with Gasteiger partial charge in [0.2, 0.25) is 5.91 Å². The first kappa shape index (κ1) is 17.8. The number of hydrogen-bond donors (Lipinski definition) is 1. The maximum Gasteiger partial charge on any atom is 0.338 e. The Morgan fingerprint density at radius 1 is 1.31 bits per heavy atom. The molecule has 1 N–H and O–H groups in total. The fourth-order valence-corrected chi connectivity index (χ4v) is 3.26. The van der Waals surface area contributed by atoms with Crippen molar-refractivity contribution in [2.24, 2.45) is 0 Å². The number of aryl methyl sites for hydroxylation is 1. The summed E-state index contributed by atoms with van der Waals surface area (Å²) < 4.78 is 6.76. The van der Waals surface area contributed by atoms with Gasteiger partial charge in [0.25, 0.3) is 5.56 Å². The molecule has 0 atom stereocenters. The second-order valence-electron chi connectivity index (χ2n) is 5.64. The number of fused-ring (bicyclic) bond motifs is 1. The number of carbonyl (C=O) groups is 2. The van der Waals surface area contributed by atoms with E-state index < -0.39 is 5.97 Å². The Bertz CT molecular complexity index is 1040. The molecule has 3 aromatic rings. The summed E-state index contributed by atoms with van der Waals surface area (Å²) in [6.07, 6.45) is 0.348. The molecule has 0 aliphatic heterocycles. The third kappa shape index (κ3) is 3.80. The summed E-state index contributed by atoms with van der Waals surface area (Å²) in [5.41, 5.74) is 1.84. The van der Waals surface area contributed by atoms with Crippen molar-refractivity contribution >= 4 is 33.9 Å². The highest BCUT2D eigenvalue weighted by Gasteiger charge is 2.11. The lowest BCUT2D eigenvalue weighted by Crippen LogP contribution is -2.16. The third-order valence-corrected chi connectivity index (χ3v) is 4.63. The van der Waals surface area contributed by atoms with Gasteiger partial charge in [-0.25, -0.2) is 9.78 Å². The van der Waals surface area contributed by atoms with Gasteiger partial charge in [0, 0.05) is 29.2 Å². The van der Waals surface area contributed by atoms with Crippen LogP contribution in [0, 0.1) is 6.92 Å². The number of nitrogens with one attached hydrogen (secondary N) is 1. The maximum absolute atomic E-state index is 12.2. The van der Waals surface area contributed by atoms with Gasteiger partial charge in [0.1, 0.15) is 6.61 Å². The molecular weight excluding hydrogens is 354 g/mol. The van der Waals surface area contributed by atoms with Gasteiger partial charge in [-0.2, -0.15) is 0 Å². The molecule has 0 fully saturated rings. The number of aromatic nitrogens is 2. The molecule has 26 heavy (non-hydrogen) atoms. The SMILES string of the molecule is CCC(=O)Nc1cccc(C(=O)OCc2cc(=O)n3c(C)csc3n2)c1. The Balaban J connectivity index is 1.72. The number of rotatable bonds is 5. The zero-order valence-electron chi connectivity index (χ0n) is 14.3. The van der Waals surface area contributed by atoms with Gasteiger partial charge in [-0.15, -0.1) is 11.3 Å². The Hall–Kier alpha value is -3.00. The molecule has 0 saturated carbocycles. The van der Waals surface area contributed by atoms with Crippen molar-refractivity contribution in [2.45, 2.75) is 26.9 Å². The Kier molecular flexibility index (Phi) is 5.13. The molecule has 1 amide bonds. The molecule has 0 aliphatic carbocycles. The highest BCUT2D eigenvalue weighted by molar-refractivity contribution is 7.15. The highest BCUT2D eigenvalue weighted by atomic mass is 32.1. The van der Waals surface area contributed by atoms with Crippen LogP contribution in [0.4, 0.5) is 5.69 Å². The molecule has 0 radical (unpaired) electrons. The van der Waals surface area contributed by atoms with E-state index in [-0.39, 0.29) is 18.1 Å². The predicted octanol–water partition coefficient (Wildman–Crippen LogP) is 2.77. The van der Waals surface area contributed by atoms with Crippen LogP contribution in [0.1, 0.15) is 35.1 Å². The Morgan fingerprint density at radius 3 is 2.88 bits per heavy atom. The van der Waals surface area contributed by atoms with Crippen LogP contribution in [-0.4, -0.2) is 21.3 Å². The van der Waals surface area contributed by atoms with Crippen LogP contribution in [0.5, 0.6) is 0 Å². The van der Waals surface area contributed by atoms with Crippen molar-refractivity contribution in [3.05, 3.63) is 63.0 Å². The second-order valence-corrected chi connectivity index (χ2v) is 6.48. The smallest absolute Gasteiger partial charge is 0.338 e. The van der Waals surface area contributed by atoms with Gasteiger partial charge in [-0.1, -0.05) is 13.0 Å². The van der Waals surface area contributed by atoms with E-state index in [2.05, 4.69) is 10.3 Å². The van der Waals surface area contributed by atoms with Crippen LogP contribution >= 0.6 is 11.3 Å². The molecule has 0 saturated heterocycles. The monoisotopic (exact) mass is 371 g/mol. The minimum absolute atomic E-state index is 0.104. The number of anilines is 1. The molecule has 0 aliphatic rings. The summed E-state index contributed by atoms with van der Waals surface area (Å²) >= 11 is 1.35. The van der Waals surface area contributed by atoms with Gasteiger partial charge in [0.05, 0.1) is 11.3 Å². The fraction of sp³-hybridized carbons (Fsp3) is 0.222. The normalized spacial score (nSPS) is 10.7. The first-order valence-electron chi connectivity index (χ1n) is 8.01. The zero-order valence-corrected chi connectivity index (χ0v) is 15.1. The average Bonchev–Trinajstić information content (AvgIpc) is 3.01. The molecule has 0 spiro atoms. The number of hydrogen-bond acceptors (Lipinski definition) is 6. The van der Waals surface area contributed by atoms with Crippen LogP contribution in [0.3, 0.4) is 0 Å². The lowest BCUT2D eigenvalue weighted by molar-refractivity contribution is -0.115. The van der Waals surface area contributed by atoms with Gasteiger partial charge in [-0.05, 0) is 25.1 Å². The van der Waals surface area contributed by atoms with Crippen molar-refractivity contribution in [3.63, 3.8) is 0 Å². The molecule has 7 nitrogen and oxygen atoms in total. The Morgan fingerprint density at radius 2 is 2.12 bits per heavy atom. The largest absolute Gasteiger partial charge is 0.456 e. The predicted molar refractivity (Wildman–Crippen MR) is 98.6 cm³/mol. The molecule has 0 bridgehead atoms. The summed E-state index contributed by atoms with van der Waals surface area (Å²) in [6.45, 7) is 3.47. The second kappa shape index (κ2) is 7.49. The molecule has 1 aromatic carbocycles. The molecule has 8 heteroatoms. The summed E-state index contributed by atoms with van der Waals surface area (Å²) in [7, 11) is 0. The van der Waals surface area contributed by atoms with Crippen molar-refractivity contribution in [3.8, 4) is 0 Å². The highest BCUT2D eigenvalue weighted by Crippen LogP contribution is 2.14. The van der Waals surface area contributed by atoms with Crippen molar-refractivity contribution in [1.29, 1.82) is 0 Å². The minimum Gasteiger partial charge on any atom is -0.456 e. The lowest BCUT2D eigenvalue weighted by Gasteiger charge is -2.07. The van der Waals surface area contributed by atoms with E-state index in [1.165, 1.54) is 21.8 Å². The number of benzene rings is 1. The van der Waals surface area contributed by atoms with Crippen LogP contribution in [0.15, 0.2) is 40.5 Å². The van der Waals surface area contributed by atoms with Gasteiger partial charge >= 0.3 is 5.97 Å². The molecular formula is C18H17N3O4S. The number of nitrogens with zero attached hydrogens (tertiary/aromatic N) is 2. The average molecular weight is 371 g/mol. The first-order valence-corrected chi connectivity index (χ1v) is 8.89. The van der Waals surface area contributed by atoms with Crippen molar-refractivity contribution in [2.75, 3.05) is 5.32 Å². The van der Waals surface area contributed by atoms with E-state index in [9.17, 15) is 14.4 Å². The van der Waals surface area contributed by atoms with E-state index in [4.69, 9.17) is 4.74 Å². The zero-order chi connectivity index (χ0) is 18.7. The standard InChI is InChI=1S/C18H17N3O4S/c1-3-15(22)19-13-6-4-5-12(7-13)17(24)25-9-14-8-16(23)21-11(2)10-26-18(21)20-14/h4-8,10H,3,9H2,1-2H3,(H,19,22). The number of ether oxygens (including phenoxy) is 1. The van der Waals surface area contributed by atoms with E-state index in [0.29, 0.717) is 28.3 Å². The van der Waals surface area contributed by atoms with Crippen LogP contribution in [0.25, 0.3) is 4.96 Å². The quantitative estimate of drug-likeness (QED) is 0.697.